The minimum Gasteiger partial charge on any atom is -0.321 e. The Kier molecular flexibility index (Phi) is 1.55. The first-order valence-corrected chi connectivity index (χ1v) is 3.84. The molecule has 0 bridgehead atoms. The summed E-state index contributed by atoms with van der Waals surface area (Å²) in [4.78, 5) is 3.74. The first-order chi connectivity index (χ1) is 5.36. The molecule has 2 heterocycles. The van der Waals surface area contributed by atoms with Gasteiger partial charge in [0.05, 0.1) is 0 Å². The van der Waals surface area contributed by atoms with Crippen molar-refractivity contribution in [1.82, 2.24) is 19.7 Å². The molecule has 0 N–H and O–H groups in total. The maximum absolute atomic E-state index is 5.39. The van der Waals surface area contributed by atoms with Gasteiger partial charge in [0.2, 0.25) is 5.82 Å². The summed E-state index contributed by atoms with van der Waals surface area (Å²) in [6, 6.07) is 0. The van der Waals surface area contributed by atoms with Crippen molar-refractivity contribution >= 4 is 23.1 Å². The second-order valence-electron chi connectivity index (χ2n) is 1.66. The van der Waals surface area contributed by atoms with Gasteiger partial charge in [0.15, 0.2) is 0 Å². The van der Waals surface area contributed by atoms with E-state index in [0.29, 0.717) is 11.5 Å². The van der Waals surface area contributed by atoms with Crippen LogP contribution in [0.25, 0.3) is 11.5 Å². The molecule has 0 radical (unpaired) electrons. The quantitative estimate of drug-likeness (QED) is 0.674. The van der Waals surface area contributed by atoms with Gasteiger partial charge in [0, 0.05) is 5.38 Å². The predicted octanol–water partition coefficient (Wildman–Crippen LogP) is 1.24. The predicted molar refractivity (Wildman–Crippen MR) is 38.2 cm³/mol. The summed E-state index contributed by atoms with van der Waals surface area (Å²) in [6.45, 7) is 0. The fourth-order valence-electron chi connectivity index (χ4n) is 0.571. The zero-order valence-electron chi connectivity index (χ0n) is 5.06. The first kappa shape index (κ1) is 6.68. The van der Waals surface area contributed by atoms with Crippen LogP contribution in [0.2, 0.25) is 5.35 Å². The molecule has 2 rings (SSSR count). The standard InChI is InChI=1S/C4HClN4OS/c5-4-6-3(8-10-4)2-1-11-9-7-2/h1H. The molecule has 0 atom stereocenters. The molecule has 0 saturated heterocycles. The summed E-state index contributed by atoms with van der Waals surface area (Å²) in [6.07, 6.45) is 0. The van der Waals surface area contributed by atoms with E-state index in [1.54, 1.807) is 5.38 Å². The zero-order chi connectivity index (χ0) is 7.68. The third kappa shape index (κ3) is 1.22. The average Bonchev–Trinajstić information content (AvgIpc) is 2.55. The topological polar surface area (TPSA) is 64.7 Å². The van der Waals surface area contributed by atoms with Gasteiger partial charge >= 0.3 is 5.35 Å². The molecule has 2 aromatic heterocycles. The number of nitrogens with zero attached hydrogens (tertiary/aromatic N) is 4. The van der Waals surface area contributed by atoms with Gasteiger partial charge < -0.3 is 4.52 Å². The van der Waals surface area contributed by atoms with Crippen LogP contribution in [0.1, 0.15) is 0 Å². The molecule has 0 amide bonds. The number of aromatic nitrogens is 4. The molecule has 0 spiro atoms. The van der Waals surface area contributed by atoms with Crippen LogP contribution in [0.15, 0.2) is 9.90 Å². The molecule has 11 heavy (non-hydrogen) atoms. The van der Waals surface area contributed by atoms with E-state index in [2.05, 4.69) is 24.3 Å². The molecule has 0 aliphatic rings. The molecular weight excluding hydrogens is 188 g/mol. The smallest absolute Gasteiger partial charge is 0.320 e. The fraction of sp³-hybridized carbons (Fsp3) is 0. The molecular formula is C4HClN4OS. The normalized spacial score (nSPS) is 10.3. The third-order valence-corrected chi connectivity index (χ3v) is 1.65. The van der Waals surface area contributed by atoms with Crippen molar-refractivity contribution in [3.63, 3.8) is 0 Å². The van der Waals surface area contributed by atoms with Gasteiger partial charge in [-0.15, -0.1) is 5.10 Å². The minimum atomic E-state index is 0.00741. The largest absolute Gasteiger partial charge is 0.321 e. The van der Waals surface area contributed by atoms with Crippen molar-refractivity contribution in [2.45, 2.75) is 0 Å². The van der Waals surface area contributed by atoms with Gasteiger partial charge in [0.25, 0.3) is 0 Å². The van der Waals surface area contributed by atoms with Gasteiger partial charge in [-0.2, -0.15) is 4.98 Å². The fourth-order valence-corrected chi connectivity index (χ4v) is 1.12. The monoisotopic (exact) mass is 188 g/mol. The maximum atomic E-state index is 5.39. The molecule has 5 nitrogen and oxygen atoms in total. The highest BCUT2D eigenvalue weighted by atomic mass is 35.5. The summed E-state index contributed by atoms with van der Waals surface area (Å²) < 4.78 is 8.16. The molecule has 2 aromatic rings. The van der Waals surface area contributed by atoms with E-state index in [1.807, 2.05) is 0 Å². The second kappa shape index (κ2) is 2.55. The minimum absolute atomic E-state index is 0.00741. The van der Waals surface area contributed by atoms with Crippen LogP contribution >= 0.6 is 23.1 Å². The van der Waals surface area contributed by atoms with Crippen LogP contribution in [0.3, 0.4) is 0 Å². The molecule has 0 saturated carbocycles. The van der Waals surface area contributed by atoms with E-state index < -0.39 is 0 Å². The molecule has 56 valence electrons. The summed E-state index contributed by atoms with van der Waals surface area (Å²) in [5.41, 5.74) is 0.575. The van der Waals surface area contributed by atoms with E-state index >= 15 is 0 Å². The summed E-state index contributed by atoms with van der Waals surface area (Å²) in [5.74, 6) is 0.365. The van der Waals surface area contributed by atoms with E-state index in [4.69, 9.17) is 11.6 Å². The molecule has 0 unspecified atom stereocenters. The Morgan fingerprint density at radius 2 is 2.45 bits per heavy atom. The first-order valence-electron chi connectivity index (χ1n) is 2.63. The van der Waals surface area contributed by atoms with Gasteiger partial charge in [-0.25, -0.2) is 0 Å². The van der Waals surface area contributed by atoms with Crippen molar-refractivity contribution in [2.75, 3.05) is 0 Å². The molecule has 0 aliphatic carbocycles. The zero-order valence-corrected chi connectivity index (χ0v) is 6.63. The highest BCUT2D eigenvalue weighted by Gasteiger charge is 2.08. The summed E-state index contributed by atoms with van der Waals surface area (Å²) in [7, 11) is 0. The average molecular weight is 189 g/mol. The van der Waals surface area contributed by atoms with Crippen molar-refractivity contribution < 1.29 is 4.52 Å². The Bertz CT molecular complexity index is 345. The van der Waals surface area contributed by atoms with Crippen molar-refractivity contribution in [1.29, 1.82) is 0 Å². The van der Waals surface area contributed by atoms with Crippen LogP contribution < -0.4 is 0 Å². The highest BCUT2D eigenvalue weighted by molar-refractivity contribution is 7.03. The molecule has 0 fully saturated rings. The number of rotatable bonds is 1. The van der Waals surface area contributed by atoms with Crippen molar-refractivity contribution in [3.8, 4) is 11.5 Å². The summed E-state index contributed by atoms with van der Waals surface area (Å²) in [5, 5.41) is 8.99. The highest BCUT2D eigenvalue weighted by Crippen LogP contribution is 2.15. The van der Waals surface area contributed by atoms with Crippen molar-refractivity contribution in [2.24, 2.45) is 0 Å². The Morgan fingerprint density at radius 3 is 3.00 bits per heavy atom. The Labute approximate surface area is 70.2 Å². The second-order valence-corrected chi connectivity index (χ2v) is 2.59. The van der Waals surface area contributed by atoms with Crippen LogP contribution in [-0.2, 0) is 0 Å². The van der Waals surface area contributed by atoms with Crippen molar-refractivity contribution in [3.05, 3.63) is 10.7 Å². The summed E-state index contributed by atoms with van der Waals surface area (Å²) >= 11 is 6.61. The lowest BCUT2D eigenvalue weighted by Gasteiger charge is -1.77. The maximum Gasteiger partial charge on any atom is 0.320 e. The van der Waals surface area contributed by atoms with Gasteiger partial charge in [-0.1, -0.05) is 9.64 Å². The van der Waals surface area contributed by atoms with E-state index in [-0.39, 0.29) is 5.35 Å². The van der Waals surface area contributed by atoms with Gasteiger partial charge in [-0.3, -0.25) is 0 Å². The lowest BCUT2D eigenvalue weighted by Crippen LogP contribution is -1.79. The van der Waals surface area contributed by atoms with E-state index in [1.165, 1.54) is 11.5 Å². The number of hydrogen-bond acceptors (Lipinski definition) is 6. The van der Waals surface area contributed by atoms with Gasteiger partial charge in [0.1, 0.15) is 5.69 Å². The Balaban J connectivity index is 2.45. The van der Waals surface area contributed by atoms with Crippen LogP contribution in [-0.4, -0.2) is 19.7 Å². The van der Waals surface area contributed by atoms with E-state index in [0.717, 1.165) is 0 Å². The number of hydrogen-bond donors (Lipinski definition) is 0. The van der Waals surface area contributed by atoms with Gasteiger partial charge in [-0.05, 0) is 23.1 Å². The lowest BCUT2D eigenvalue weighted by molar-refractivity contribution is 0.420. The Hall–Kier alpha value is -1.01. The van der Waals surface area contributed by atoms with Crippen LogP contribution in [0.4, 0.5) is 0 Å². The molecule has 7 heteroatoms. The van der Waals surface area contributed by atoms with Crippen LogP contribution in [0, 0.1) is 0 Å². The number of halogens is 1. The van der Waals surface area contributed by atoms with Crippen LogP contribution in [0.5, 0.6) is 0 Å². The Morgan fingerprint density at radius 1 is 1.55 bits per heavy atom. The van der Waals surface area contributed by atoms with E-state index in [9.17, 15) is 0 Å². The third-order valence-electron chi connectivity index (χ3n) is 0.990. The SMILES string of the molecule is Clc1nc(-c2csnn2)no1. The molecule has 0 aliphatic heterocycles. The molecule has 0 aromatic carbocycles. The lowest BCUT2D eigenvalue weighted by atomic mass is 10.5.